The van der Waals surface area contributed by atoms with Gasteiger partial charge >= 0.3 is 0 Å². The summed E-state index contributed by atoms with van der Waals surface area (Å²) in [5, 5.41) is 12.0. The van der Waals surface area contributed by atoms with Crippen molar-refractivity contribution in [3.63, 3.8) is 0 Å². The van der Waals surface area contributed by atoms with Crippen LogP contribution in [0.15, 0.2) is 59.2 Å². The number of imide groups is 1. The van der Waals surface area contributed by atoms with E-state index in [1.807, 2.05) is 6.07 Å². The SMILES string of the molecule is N#Cc1cc(NC(=O)c2ccc3c(c2)C(=O)N(Cc2ccco2)C3=O)ccc1Cl. The molecule has 1 N–H and O–H groups in total. The fourth-order valence-electron chi connectivity index (χ4n) is 3.03. The summed E-state index contributed by atoms with van der Waals surface area (Å²) >= 11 is 5.89. The molecule has 7 nitrogen and oxygen atoms in total. The van der Waals surface area contributed by atoms with E-state index in [0.717, 1.165) is 4.90 Å². The van der Waals surface area contributed by atoms with Gasteiger partial charge in [-0.1, -0.05) is 11.6 Å². The Morgan fingerprint density at radius 3 is 2.62 bits per heavy atom. The molecule has 0 saturated carbocycles. The molecule has 0 bridgehead atoms. The van der Waals surface area contributed by atoms with Crippen LogP contribution in [-0.2, 0) is 6.54 Å². The zero-order valence-electron chi connectivity index (χ0n) is 14.8. The van der Waals surface area contributed by atoms with Crippen LogP contribution in [0, 0.1) is 11.3 Å². The highest BCUT2D eigenvalue weighted by atomic mass is 35.5. The molecule has 3 aromatic rings. The first-order chi connectivity index (χ1) is 14.0. The Labute approximate surface area is 170 Å². The Morgan fingerprint density at radius 2 is 1.90 bits per heavy atom. The Hall–Kier alpha value is -3.89. The van der Waals surface area contributed by atoms with Crippen molar-refractivity contribution in [2.24, 2.45) is 0 Å². The van der Waals surface area contributed by atoms with Gasteiger partial charge in [0.2, 0.25) is 0 Å². The molecule has 0 saturated heterocycles. The highest BCUT2D eigenvalue weighted by molar-refractivity contribution is 6.31. The summed E-state index contributed by atoms with van der Waals surface area (Å²) in [7, 11) is 0. The largest absolute Gasteiger partial charge is 0.467 e. The lowest BCUT2D eigenvalue weighted by molar-refractivity contribution is 0.0631. The van der Waals surface area contributed by atoms with Gasteiger partial charge in [0.1, 0.15) is 11.8 Å². The minimum Gasteiger partial charge on any atom is -0.467 e. The van der Waals surface area contributed by atoms with Crippen LogP contribution in [0.25, 0.3) is 0 Å². The first-order valence-corrected chi connectivity index (χ1v) is 8.89. The van der Waals surface area contributed by atoms with Crippen molar-refractivity contribution in [2.75, 3.05) is 5.32 Å². The number of nitrogens with zero attached hydrogens (tertiary/aromatic N) is 2. The van der Waals surface area contributed by atoms with Crippen LogP contribution in [-0.4, -0.2) is 22.6 Å². The number of hydrogen-bond donors (Lipinski definition) is 1. The molecular weight excluding hydrogens is 394 g/mol. The van der Waals surface area contributed by atoms with Crippen LogP contribution in [0.3, 0.4) is 0 Å². The average Bonchev–Trinajstić information content (AvgIpc) is 3.32. The third kappa shape index (κ3) is 3.37. The van der Waals surface area contributed by atoms with E-state index < -0.39 is 17.7 Å². The summed E-state index contributed by atoms with van der Waals surface area (Å²) in [5.74, 6) is -0.934. The van der Waals surface area contributed by atoms with Gasteiger partial charge in [0.25, 0.3) is 17.7 Å². The first kappa shape index (κ1) is 18.5. The fourth-order valence-corrected chi connectivity index (χ4v) is 3.19. The zero-order valence-corrected chi connectivity index (χ0v) is 15.6. The van der Waals surface area contributed by atoms with Crippen molar-refractivity contribution in [3.05, 3.63) is 87.8 Å². The monoisotopic (exact) mass is 405 g/mol. The maximum absolute atomic E-state index is 12.7. The van der Waals surface area contributed by atoms with E-state index in [9.17, 15) is 14.4 Å². The lowest BCUT2D eigenvalue weighted by Crippen LogP contribution is -2.28. The van der Waals surface area contributed by atoms with Gasteiger partial charge in [0.05, 0.1) is 34.5 Å². The van der Waals surface area contributed by atoms with E-state index in [1.165, 1.54) is 36.6 Å². The molecule has 0 spiro atoms. The number of nitrogens with one attached hydrogen (secondary N) is 1. The molecule has 0 atom stereocenters. The summed E-state index contributed by atoms with van der Waals surface area (Å²) in [6.07, 6.45) is 1.46. The number of carbonyl (C=O) groups excluding carboxylic acids is 3. The van der Waals surface area contributed by atoms with Crippen molar-refractivity contribution in [2.45, 2.75) is 6.54 Å². The number of fused-ring (bicyclic) bond motifs is 1. The normalized spacial score (nSPS) is 12.6. The molecule has 3 amide bonds. The molecule has 2 heterocycles. The van der Waals surface area contributed by atoms with Gasteiger partial charge in [0, 0.05) is 11.3 Å². The Balaban J connectivity index is 1.57. The number of rotatable bonds is 4. The van der Waals surface area contributed by atoms with Crippen LogP contribution in [0.2, 0.25) is 5.02 Å². The van der Waals surface area contributed by atoms with Crippen LogP contribution >= 0.6 is 11.6 Å². The van der Waals surface area contributed by atoms with Crippen molar-refractivity contribution in [1.29, 1.82) is 5.26 Å². The highest BCUT2D eigenvalue weighted by Crippen LogP contribution is 2.26. The second-order valence-electron chi connectivity index (χ2n) is 6.30. The van der Waals surface area contributed by atoms with Crippen LogP contribution in [0.4, 0.5) is 5.69 Å². The van der Waals surface area contributed by atoms with Gasteiger partial charge in [-0.05, 0) is 48.5 Å². The van der Waals surface area contributed by atoms with Gasteiger partial charge in [-0.3, -0.25) is 19.3 Å². The first-order valence-electron chi connectivity index (χ1n) is 8.51. The van der Waals surface area contributed by atoms with Crippen LogP contribution in [0.5, 0.6) is 0 Å². The van der Waals surface area contributed by atoms with E-state index in [2.05, 4.69) is 5.32 Å². The third-order valence-electron chi connectivity index (χ3n) is 4.47. The predicted octanol–water partition coefficient (Wildman–Crippen LogP) is 3.85. The number of nitriles is 1. The molecule has 0 aliphatic carbocycles. The van der Waals surface area contributed by atoms with E-state index in [4.69, 9.17) is 21.3 Å². The summed E-state index contributed by atoms with van der Waals surface area (Å²) in [6.45, 7) is 0.0165. The number of benzene rings is 2. The number of hydrogen-bond acceptors (Lipinski definition) is 5. The van der Waals surface area contributed by atoms with Gasteiger partial charge in [-0.2, -0.15) is 5.26 Å². The van der Waals surface area contributed by atoms with Crippen molar-refractivity contribution in [1.82, 2.24) is 4.90 Å². The molecule has 0 fully saturated rings. The summed E-state index contributed by atoms with van der Waals surface area (Å²) in [6, 6.07) is 14.1. The van der Waals surface area contributed by atoms with Crippen molar-refractivity contribution < 1.29 is 18.8 Å². The fraction of sp³-hybridized carbons (Fsp3) is 0.0476. The number of furan rings is 1. The molecule has 1 aliphatic rings. The van der Waals surface area contributed by atoms with Gasteiger partial charge in [0.15, 0.2) is 0 Å². The molecule has 29 heavy (non-hydrogen) atoms. The third-order valence-corrected chi connectivity index (χ3v) is 4.80. The van der Waals surface area contributed by atoms with E-state index in [0.29, 0.717) is 11.4 Å². The molecule has 0 unspecified atom stereocenters. The number of anilines is 1. The van der Waals surface area contributed by atoms with E-state index in [1.54, 1.807) is 18.2 Å². The minimum absolute atomic E-state index is 0.0165. The minimum atomic E-state index is -0.491. The Kier molecular flexibility index (Phi) is 4.63. The quantitative estimate of drug-likeness (QED) is 0.664. The molecule has 0 radical (unpaired) electrons. The number of carbonyl (C=O) groups is 3. The number of halogens is 1. The summed E-state index contributed by atoms with van der Waals surface area (Å²) in [5.41, 5.74) is 1.21. The lowest BCUT2D eigenvalue weighted by Gasteiger charge is -2.11. The number of amides is 3. The average molecular weight is 406 g/mol. The topological polar surface area (TPSA) is 103 Å². The van der Waals surface area contributed by atoms with Gasteiger partial charge in [-0.15, -0.1) is 0 Å². The second kappa shape index (κ2) is 7.26. The smallest absolute Gasteiger partial charge is 0.261 e. The standard InChI is InChI=1S/C21H12ClN3O4/c22-18-6-4-14(8-13(18)10-23)24-19(26)12-3-5-16-17(9-12)21(28)25(20(16)27)11-15-2-1-7-29-15/h1-9H,11H2,(H,24,26). The molecule has 4 rings (SSSR count). The van der Waals surface area contributed by atoms with Crippen molar-refractivity contribution >= 4 is 35.0 Å². The predicted molar refractivity (Wildman–Crippen MR) is 103 cm³/mol. The summed E-state index contributed by atoms with van der Waals surface area (Å²) in [4.78, 5) is 38.8. The van der Waals surface area contributed by atoms with Crippen LogP contribution < -0.4 is 5.32 Å². The lowest BCUT2D eigenvalue weighted by atomic mass is 10.1. The second-order valence-corrected chi connectivity index (χ2v) is 6.70. The Morgan fingerprint density at radius 1 is 1.10 bits per heavy atom. The molecule has 1 aliphatic heterocycles. The highest BCUT2D eigenvalue weighted by Gasteiger charge is 2.36. The molecule has 8 heteroatoms. The van der Waals surface area contributed by atoms with Crippen LogP contribution in [0.1, 0.15) is 42.4 Å². The van der Waals surface area contributed by atoms with Crippen molar-refractivity contribution in [3.8, 4) is 6.07 Å². The van der Waals surface area contributed by atoms with E-state index in [-0.39, 0.29) is 33.8 Å². The molecule has 142 valence electrons. The molecule has 2 aromatic carbocycles. The van der Waals surface area contributed by atoms with E-state index >= 15 is 0 Å². The van der Waals surface area contributed by atoms with Gasteiger partial charge < -0.3 is 9.73 Å². The molecule has 1 aromatic heterocycles. The molecular formula is C21H12ClN3O4. The maximum atomic E-state index is 12.7. The zero-order chi connectivity index (χ0) is 20.5. The Bertz CT molecular complexity index is 1200. The summed E-state index contributed by atoms with van der Waals surface area (Å²) < 4.78 is 5.20. The maximum Gasteiger partial charge on any atom is 0.261 e. The van der Waals surface area contributed by atoms with Gasteiger partial charge in [-0.25, -0.2) is 0 Å².